The van der Waals surface area contributed by atoms with Crippen molar-refractivity contribution in [2.45, 2.75) is 174 Å². The van der Waals surface area contributed by atoms with Gasteiger partial charge in [-0.1, -0.05) is 122 Å². The molecular formula is C36H62OS. The molecule has 0 radical (unpaired) electrons. The Kier molecular flexibility index (Phi) is 11.8. The van der Waals surface area contributed by atoms with Gasteiger partial charge in [-0.15, -0.1) is 0 Å². The smallest absolute Gasteiger partial charge is 0.189 e. The molecule has 38 heavy (non-hydrogen) atoms. The van der Waals surface area contributed by atoms with Crippen LogP contribution in [0.4, 0.5) is 0 Å². The lowest BCUT2D eigenvalue weighted by molar-refractivity contribution is -0.111. The molecular weight excluding hydrogens is 480 g/mol. The van der Waals surface area contributed by atoms with Crippen LogP contribution in [0.5, 0.6) is 0 Å². The minimum Gasteiger partial charge on any atom is -0.287 e. The summed E-state index contributed by atoms with van der Waals surface area (Å²) in [6.45, 7) is 9.95. The summed E-state index contributed by atoms with van der Waals surface area (Å²) in [6, 6.07) is 0. The summed E-state index contributed by atoms with van der Waals surface area (Å²) < 4.78 is 0. The molecule has 0 aliphatic heterocycles. The average Bonchev–Trinajstić information content (AvgIpc) is 3.24. The van der Waals surface area contributed by atoms with E-state index in [0.717, 1.165) is 36.5 Å². The minimum absolute atomic E-state index is 0.418. The van der Waals surface area contributed by atoms with Crippen LogP contribution in [0.2, 0.25) is 0 Å². The van der Waals surface area contributed by atoms with Gasteiger partial charge in [-0.05, 0) is 98.7 Å². The van der Waals surface area contributed by atoms with Crippen molar-refractivity contribution < 1.29 is 4.79 Å². The maximum absolute atomic E-state index is 12.7. The van der Waals surface area contributed by atoms with Gasteiger partial charge >= 0.3 is 0 Å². The van der Waals surface area contributed by atoms with Crippen molar-refractivity contribution in [2.24, 2.45) is 34.5 Å². The van der Waals surface area contributed by atoms with E-state index in [1.807, 2.05) is 0 Å². The largest absolute Gasteiger partial charge is 0.287 e. The van der Waals surface area contributed by atoms with Crippen LogP contribution >= 0.6 is 11.8 Å². The number of rotatable bonds is 15. The van der Waals surface area contributed by atoms with Crippen LogP contribution in [0.3, 0.4) is 0 Å². The van der Waals surface area contributed by atoms with Gasteiger partial charge in [0.15, 0.2) is 5.12 Å². The molecule has 0 unspecified atom stereocenters. The van der Waals surface area contributed by atoms with Gasteiger partial charge in [0, 0.05) is 11.7 Å². The van der Waals surface area contributed by atoms with Gasteiger partial charge in [0.1, 0.15) is 0 Å². The zero-order valence-corrected chi connectivity index (χ0v) is 26.7. The molecule has 0 aromatic rings. The van der Waals surface area contributed by atoms with Gasteiger partial charge in [0.05, 0.1) is 0 Å². The van der Waals surface area contributed by atoms with E-state index >= 15 is 0 Å². The number of fused-ring (bicyclic) bond motifs is 5. The normalized spacial score (nSPS) is 36.3. The molecule has 0 aromatic carbocycles. The highest BCUT2D eigenvalue weighted by Gasteiger charge is 2.58. The third-order valence-electron chi connectivity index (χ3n) is 12.2. The van der Waals surface area contributed by atoms with E-state index in [1.165, 1.54) is 128 Å². The van der Waals surface area contributed by atoms with Crippen LogP contribution in [0.25, 0.3) is 0 Å². The van der Waals surface area contributed by atoms with E-state index in [4.69, 9.17) is 0 Å². The lowest BCUT2D eigenvalue weighted by atomic mass is 9.47. The molecule has 0 amide bonds. The van der Waals surface area contributed by atoms with Crippen molar-refractivity contribution in [1.29, 1.82) is 0 Å². The molecule has 7 atom stereocenters. The third kappa shape index (κ3) is 7.15. The molecule has 0 saturated heterocycles. The molecule has 0 aromatic heterocycles. The van der Waals surface area contributed by atoms with Crippen molar-refractivity contribution in [1.82, 2.24) is 0 Å². The molecule has 3 fully saturated rings. The third-order valence-corrected chi connectivity index (χ3v) is 13.4. The summed E-state index contributed by atoms with van der Waals surface area (Å²) in [5, 5.41) is 1.01. The highest BCUT2D eigenvalue weighted by Crippen LogP contribution is 2.67. The first-order valence-electron chi connectivity index (χ1n) is 17.3. The van der Waals surface area contributed by atoms with Gasteiger partial charge < -0.3 is 0 Å². The number of hydrogen-bond acceptors (Lipinski definition) is 2. The first-order valence-corrected chi connectivity index (χ1v) is 18.2. The molecule has 4 rings (SSSR count). The molecule has 1 nitrogen and oxygen atoms in total. The van der Waals surface area contributed by atoms with Crippen molar-refractivity contribution in [3.63, 3.8) is 0 Å². The zero-order valence-electron chi connectivity index (χ0n) is 25.8. The standard InChI is InChI=1S/C36H62OS/c1-5-7-9-11-13-15-17-28-20-22-32-31-21-19-29-27-30(38-34(37)18-16-14-12-10-8-6-2)23-25-36(29,4)33(31)24-26-35(28,32)3/h19,28,30-33H,5-18,20-27H2,1-4H3/t28-,30+,31+,32-,33+,35-,36+/m1/s1. The van der Waals surface area contributed by atoms with Gasteiger partial charge in [0.25, 0.3) is 0 Å². The zero-order chi connectivity index (χ0) is 27.0. The summed E-state index contributed by atoms with van der Waals surface area (Å²) in [5.74, 6) is 3.78. The van der Waals surface area contributed by atoms with Gasteiger partial charge in [-0.3, -0.25) is 4.79 Å². The number of hydrogen-bond donors (Lipinski definition) is 0. The number of carbonyl (C=O) groups excluding carboxylic acids is 1. The lowest BCUT2D eigenvalue weighted by Gasteiger charge is -2.58. The fourth-order valence-corrected chi connectivity index (χ4v) is 10.9. The first kappa shape index (κ1) is 30.7. The van der Waals surface area contributed by atoms with Crippen LogP contribution in [0.15, 0.2) is 11.6 Å². The molecule has 0 spiro atoms. The van der Waals surface area contributed by atoms with Crippen LogP contribution in [-0.2, 0) is 4.79 Å². The Morgan fingerprint density at radius 2 is 1.50 bits per heavy atom. The summed E-state index contributed by atoms with van der Waals surface area (Å²) >= 11 is 1.72. The monoisotopic (exact) mass is 542 g/mol. The van der Waals surface area contributed by atoms with Crippen LogP contribution in [0, 0.1) is 34.5 Å². The molecule has 0 bridgehead atoms. The average molecular weight is 543 g/mol. The summed E-state index contributed by atoms with van der Waals surface area (Å²) in [5.41, 5.74) is 2.78. The highest BCUT2D eigenvalue weighted by molar-refractivity contribution is 8.14. The van der Waals surface area contributed by atoms with E-state index < -0.39 is 0 Å². The molecule has 2 heteroatoms. The second-order valence-corrected chi connectivity index (χ2v) is 15.9. The molecule has 0 N–H and O–H groups in total. The van der Waals surface area contributed by atoms with Crippen LogP contribution < -0.4 is 0 Å². The Labute approximate surface area is 241 Å². The van der Waals surface area contributed by atoms with Gasteiger partial charge in [-0.2, -0.15) is 0 Å². The Bertz CT molecular complexity index is 771. The second kappa shape index (κ2) is 14.6. The number of unbranched alkanes of at least 4 members (excludes halogenated alkanes) is 10. The van der Waals surface area contributed by atoms with Crippen molar-refractivity contribution >= 4 is 16.9 Å². The Hall–Kier alpha value is -0.240. The summed E-state index contributed by atoms with van der Waals surface area (Å²) in [7, 11) is 0. The van der Waals surface area contributed by atoms with Crippen molar-refractivity contribution in [3.05, 3.63) is 11.6 Å². The predicted octanol–water partition coefficient (Wildman–Crippen LogP) is 11.7. The van der Waals surface area contributed by atoms with E-state index in [0.29, 0.717) is 21.2 Å². The molecule has 3 saturated carbocycles. The fourth-order valence-electron chi connectivity index (χ4n) is 9.78. The minimum atomic E-state index is 0.418. The number of thioether (sulfide) groups is 1. The van der Waals surface area contributed by atoms with Gasteiger partial charge in [0.2, 0.25) is 0 Å². The summed E-state index contributed by atoms with van der Waals surface area (Å²) in [6.07, 6.45) is 32.3. The van der Waals surface area contributed by atoms with E-state index in [9.17, 15) is 4.79 Å². The SMILES string of the molecule is CCCCCCCCC(=O)S[C@H]1CC[C@@]2(C)C(=CC[C@H]3[C@H]4CC[C@@H](CCCCCCCC)[C@@]4(C)CC[C@@H]32)C1. The summed E-state index contributed by atoms with van der Waals surface area (Å²) in [4.78, 5) is 12.7. The Balaban J connectivity index is 1.27. The van der Waals surface area contributed by atoms with Crippen LogP contribution in [-0.4, -0.2) is 10.4 Å². The maximum Gasteiger partial charge on any atom is 0.189 e. The topological polar surface area (TPSA) is 17.1 Å². The van der Waals surface area contributed by atoms with E-state index in [1.54, 1.807) is 17.3 Å². The van der Waals surface area contributed by atoms with Crippen molar-refractivity contribution in [3.8, 4) is 0 Å². The molecule has 4 aliphatic carbocycles. The van der Waals surface area contributed by atoms with E-state index in [2.05, 4.69) is 33.8 Å². The van der Waals surface area contributed by atoms with Crippen LogP contribution in [0.1, 0.15) is 169 Å². The Morgan fingerprint density at radius 1 is 0.816 bits per heavy atom. The molecule has 0 heterocycles. The van der Waals surface area contributed by atoms with Crippen molar-refractivity contribution in [2.75, 3.05) is 0 Å². The quantitative estimate of drug-likeness (QED) is 0.151. The maximum atomic E-state index is 12.7. The molecule has 4 aliphatic rings. The van der Waals surface area contributed by atoms with E-state index in [-0.39, 0.29) is 0 Å². The molecule has 218 valence electrons. The lowest BCUT2D eigenvalue weighted by Crippen LogP contribution is -2.50. The van der Waals surface area contributed by atoms with Gasteiger partial charge in [-0.25, -0.2) is 0 Å². The second-order valence-electron chi connectivity index (χ2n) is 14.5. The Morgan fingerprint density at radius 3 is 2.24 bits per heavy atom. The number of allylic oxidation sites excluding steroid dienone is 2. The number of carbonyl (C=O) groups is 1. The predicted molar refractivity (Wildman–Crippen MR) is 168 cm³/mol. The highest BCUT2D eigenvalue weighted by atomic mass is 32.2. The fraction of sp³-hybridized carbons (Fsp3) is 0.917. The first-order chi connectivity index (χ1) is 18.4.